The fourth-order valence-electron chi connectivity index (χ4n) is 2.08. The van der Waals surface area contributed by atoms with Crippen molar-refractivity contribution in [2.45, 2.75) is 20.3 Å². The topological polar surface area (TPSA) is 83.7 Å². The molecule has 0 aliphatic carbocycles. The Bertz CT molecular complexity index is 808. The molecule has 1 N–H and O–H groups in total. The first-order chi connectivity index (χ1) is 12.6. The normalized spacial score (nSPS) is 10.7. The Morgan fingerprint density at radius 3 is 2.58 bits per heavy atom. The lowest BCUT2D eigenvalue weighted by molar-refractivity contribution is -0.123. The van der Waals surface area contributed by atoms with Gasteiger partial charge in [-0.25, -0.2) is 5.43 Å². The van der Waals surface area contributed by atoms with Crippen molar-refractivity contribution in [1.82, 2.24) is 5.43 Å². The van der Waals surface area contributed by atoms with Crippen LogP contribution >= 0.6 is 0 Å². The van der Waals surface area contributed by atoms with Crippen LogP contribution in [0.25, 0.3) is 0 Å². The summed E-state index contributed by atoms with van der Waals surface area (Å²) in [4.78, 5) is 11.9. The third-order valence-corrected chi connectivity index (χ3v) is 3.46. The van der Waals surface area contributed by atoms with Crippen LogP contribution < -0.4 is 14.9 Å². The zero-order valence-corrected chi connectivity index (χ0v) is 14.9. The second-order valence-corrected chi connectivity index (χ2v) is 5.50. The Kier molecular flexibility index (Phi) is 7.19. The highest BCUT2D eigenvalue weighted by molar-refractivity contribution is 5.99. The summed E-state index contributed by atoms with van der Waals surface area (Å²) in [7, 11) is 0. The first kappa shape index (κ1) is 19.0. The number of rotatable bonds is 8. The minimum atomic E-state index is -0.403. The average molecular weight is 351 g/mol. The van der Waals surface area contributed by atoms with Gasteiger partial charge in [-0.1, -0.05) is 19.1 Å². The number of benzene rings is 2. The summed E-state index contributed by atoms with van der Waals surface area (Å²) < 4.78 is 10.9. The minimum Gasteiger partial charge on any atom is -0.494 e. The fourth-order valence-corrected chi connectivity index (χ4v) is 2.08. The van der Waals surface area contributed by atoms with E-state index in [0.717, 1.165) is 17.7 Å². The van der Waals surface area contributed by atoms with Gasteiger partial charge in [0.05, 0.1) is 17.9 Å². The van der Waals surface area contributed by atoms with Gasteiger partial charge in [0.2, 0.25) is 0 Å². The third-order valence-electron chi connectivity index (χ3n) is 3.46. The minimum absolute atomic E-state index is 0.223. The van der Waals surface area contributed by atoms with Crippen LogP contribution in [0.3, 0.4) is 0 Å². The van der Waals surface area contributed by atoms with Crippen LogP contribution in [-0.4, -0.2) is 24.8 Å². The van der Waals surface area contributed by atoms with Gasteiger partial charge in [0.25, 0.3) is 5.91 Å². The number of nitrogens with one attached hydrogen (secondary N) is 1. The number of carbonyl (C=O) groups excluding carboxylic acids is 1. The van der Waals surface area contributed by atoms with E-state index >= 15 is 0 Å². The first-order valence-electron chi connectivity index (χ1n) is 8.32. The van der Waals surface area contributed by atoms with Gasteiger partial charge in [-0.3, -0.25) is 4.79 Å². The van der Waals surface area contributed by atoms with Crippen molar-refractivity contribution in [2.75, 3.05) is 13.2 Å². The predicted molar refractivity (Wildman–Crippen MR) is 99.2 cm³/mol. The maximum atomic E-state index is 11.9. The van der Waals surface area contributed by atoms with Crippen molar-refractivity contribution in [3.63, 3.8) is 0 Å². The summed E-state index contributed by atoms with van der Waals surface area (Å²) >= 11 is 0. The zero-order chi connectivity index (χ0) is 18.8. The van der Waals surface area contributed by atoms with Crippen molar-refractivity contribution in [3.8, 4) is 17.6 Å². The summed E-state index contributed by atoms with van der Waals surface area (Å²) in [6, 6.07) is 16.3. The summed E-state index contributed by atoms with van der Waals surface area (Å²) in [5.41, 5.74) is 4.37. The molecule has 0 atom stereocenters. The molecule has 2 aromatic rings. The van der Waals surface area contributed by atoms with Gasteiger partial charge in [0.1, 0.15) is 17.6 Å². The van der Waals surface area contributed by atoms with E-state index < -0.39 is 5.91 Å². The molecule has 0 spiro atoms. The quantitative estimate of drug-likeness (QED) is 0.584. The van der Waals surface area contributed by atoms with Gasteiger partial charge < -0.3 is 9.47 Å². The van der Waals surface area contributed by atoms with Gasteiger partial charge in [0.15, 0.2) is 6.61 Å². The molecule has 0 saturated carbocycles. The lowest BCUT2D eigenvalue weighted by atomic mass is 10.1. The van der Waals surface area contributed by atoms with Crippen molar-refractivity contribution < 1.29 is 14.3 Å². The van der Waals surface area contributed by atoms with E-state index in [9.17, 15) is 4.79 Å². The van der Waals surface area contributed by atoms with E-state index in [1.54, 1.807) is 31.2 Å². The molecule has 1 amide bonds. The zero-order valence-electron chi connectivity index (χ0n) is 14.9. The van der Waals surface area contributed by atoms with E-state index in [4.69, 9.17) is 14.7 Å². The molecule has 6 heteroatoms. The lowest BCUT2D eigenvalue weighted by Gasteiger charge is -2.08. The van der Waals surface area contributed by atoms with Gasteiger partial charge in [-0.15, -0.1) is 0 Å². The standard InChI is InChI=1S/C20H21N3O3/c1-3-12-25-18-10-8-16(9-11-18)15(2)22-23-20(24)14-26-19-7-5-4-6-17(19)13-21/h4-11H,3,12,14H2,1-2H3,(H,23,24)/b22-15-. The Labute approximate surface area is 153 Å². The van der Waals surface area contributed by atoms with Crippen molar-refractivity contribution >= 4 is 11.6 Å². The third kappa shape index (κ3) is 5.64. The van der Waals surface area contributed by atoms with E-state index in [2.05, 4.69) is 17.5 Å². The molecular formula is C20H21N3O3. The van der Waals surface area contributed by atoms with Crippen LogP contribution in [0.4, 0.5) is 0 Å². The Hall–Kier alpha value is -3.33. The maximum absolute atomic E-state index is 11.9. The molecule has 0 bridgehead atoms. The molecular weight excluding hydrogens is 330 g/mol. The highest BCUT2D eigenvalue weighted by Gasteiger charge is 2.06. The van der Waals surface area contributed by atoms with E-state index in [0.29, 0.717) is 23.6 Å². The summed E-state index contributed by atoms with van der Waals surface area (Å²) in [6.07, 6.45) is 0.954. The van der Waals surface area contributed by atoms with Gasteiger partial charge >= 0.3 is 0 Å². The molecule has 0 aliphatic heterocycles. The summed E-state index contributed by atoms with van der Waals surface area (Å²) in [5.74, 6) is 0.769. The second kappa shape index (κ2) is 9.84. The smallest absolute Gasteiger partial charge is 0.277 e. The van der Waals surface area contributed by atoms with E-state index in [-0.39, 0.29) is 6.61 Å². The Morgan fingerprint density at radius 2 is 1.88 bits per heavy atom. The maximum Gasteiger partial charge on any atom is 0.277 e. The second-order valence-electron chi connectivity index (χ2n) is 5.50. The largest absolute Gasteiger partial charge is 0.494 e. The average Bonchev–Trinajstić information content (AvgIpc) is 2.69. The number of nitrogens with zero attached hydrogens (tertiary/aromatic N) is 2. The summed E-state index contributed by atoms with van der Waals surface area (Å²) in [6.45, 7) is 4.31. The van der Waals surface area contributed by atoms with E-state index in [1.165, 1.54) is 0 Å². The molecule has 2 aromatic carbocycles. The number of ether oxygens (including phenoxy) is 2. The van der Waals surface area contributed by atoms with Crippen LogP contribution in [0.1, 0.15) is 31.4 Å². The Balaban J connectivity index is 1.87. The number of carbonyl (C=O) groups is 1. The molecule has 134 valence electrons. The number of nitriles is 1. The number of hydrogen-bond donors (Lipinski definition) is 1. The monoisotopic (exact) mass is 351 g/mol. The molecule has 6 nitrogen and oxygen atoms in total. The summed E-state index contributed by atoms with van der Waals surface area (Å²) in [5, 5.41) is 13.1. The molecule has 2 rings (SSSR count). The molecule has 0 aromatic heterocycles. The molecule has 0 aliphatic rings. The molecule has 0 unspecified atom stereocenters. The molecule has 0 fully saturated rings. The number of amides is 1. The van der Waals surface area contributed by atoms with Crippen LogP contribution in [0.5, 0.6) is 11.5 Å². The van der Waals surface area contributed by atoms with Gasteiger partial charge in [0, 0.05) is 0 Å². The van der Waals surface area contributed by atoms with Crippen molar-refractivity contribution in [1.29, 1.82) is 5.26 Å². The van der Waals surface area contributed by atoms with Crippen molar-refractivity contribution in [3.05, 3.63) is 59.7 Å². The van der Waals surface area contributed by atoms with Crippen LogP contribution in [0.15, 0.2) is 53.6 Å². The fraction of sp³-hybridized carbons (Fsp3) is 0.250. The number of para-hydroxylation sites is 1. The number of hydrazone groups is 1. The molecule has 0 heterocycles. The highest BCUT2D eigenvalue weighted by Crippen LogP contribution is 2.16. The molecule has 0 saturated heterocycles. The highest BCUT2D eigenvalue weighted by atomic mass is 16.5. The van der Waals surface area contributed by atoms with Crippen LogP contribution in [0, 0.1) is 11.3 Å². The van der Waals surface area contributed by atoms with Crippen LogP contribution in [-0.2, 0) is 4.79 Å². The molecule has 26 heavy (non-hydrogen) atoms. The first-order valence-corrected chi connectivity index (χ1v) is 8.32. The van der Waals surface area contributed by atoms with Crippen molar-refractivity contribution in [2.24, 2.45) is 5.10 Å². The molecule has 0 radical (unpaired) electrons. The van der Waals surface area contributed by atoms with E-state index in [1.807, 2.05) is 30.3 Å². The predicted octanol–water partition coefficient (Wildman–Crippen LogP) is 3.27. The number of hydrogen-bond acceptors (Lipinski definition) is 5. The van der Waals surface area contributed by atoms with Gasteiger partial charge in [-0.05, 0) is 55.3 Å². The SMILES string of the molecule is CCCOc1ccc(/C(C)=N\NC(=O)COc2ccccc2C#N)cc1. The van der Waals surface area contributed by atoms with Gasteiger partial charge in [-0.2, -0.15) is 10.4 Å². The lowest BCUT2D eigenvalue weighted by Crippen LogP contribution is -2.25. The van der Waals surface area contributed by atoms with Crippen LogP contribution in [0.2, 0.25) is 0 Å². The Morgan fingerprint density at radius 1 is 1.15 bits per heavy atom.